The first-order valence-corrected chi connectivity index (χ1v) is 6.11. The number of hydrogen-bond acceptors (Lipinski definition) is 3. The highest BCUT2D eigenvalue weighted by Gasteiger charge is 2.17. The molecular weight excluding hydrogens is 214 g/mol. The van der Waals surface area contributed by atoms with Gasteiger partial charge in [0.2, 0.25) is 15.3 Å². The van der Waals surface area contributed by atoms with E-state index in [9.17, 15) is 13.2 Å². The van der Waals surface area contributed by atoms with Gasteiger partial charge in [-0.05, 0) is 24.9 Å². The molecule has 0 bridgehead atoms. The Kier molecular flexibility index (Phi) is 5.51. The highest BCUT2D eigenvalue weighted by molar-refractivity contribution is 7.89. The van der Waals surface area contributed by atoms with Crippen LogP contribution in [0.15, 0.2) is 0 Å². The maximum Gasteiger partial charge on any atom is 0.239 e. The highest BCUT2D eigenvalue weighted by atomic mass is 35.5. The predicted octanol–water partition coefficient (Wildman–Crippen LogP) is 0.860. The Balaban J connectivity index is 4.10. The molecule has 1 atom stereocenters. The van der Waals surface area contributed by atoms with Crippen LogP contribution < -0.4 is 4.72 Å². The average molecular weight is 228 g/mol. The van der Waals surface area contributed by atoms with Crippen molar-refractivity contribution in [1.82, 2.24) is 4.72 Å². The van der Waals surface area contributed by atoms with Gasteiger partial charge in [0.05, 0.1) is 11.8 Å². The molecule has 0 aromatic heterocycles. The van der Waals surface area contributed by atoms with Crippen LogP contribution in [0, 0.1) is 0 Å². The smallest absolute Gasteiger partial charge is 0.239 e. The maximum atomic E-state index is 11.2. The molecule has 0 aromatic carbocycles. The number of carbonyl (C=O) groups is 1. The lowest BCUT2D eigenvalue weighted by atomic mass is 10.4. The van der Waals surface area contributed by atoms with Crippen LogP contribution in [0.5, 0.6) is 0 Å². The molecule has 13 heavy (non-hydrogen) atoms. The van der Waals surface area contributed by atoms with Gasteiger partial charge < -0.3 is 0 Å². The van der Waals surface area contributed by atoms with Crippen molar-refractivity contribution in [1.29, 1.82) is 0 Å². The van der Waals surface area contributed by atoms with Crippen LogP contribution >= 0.6 is 11.6 Å². The number of carbonyl (C=O) groups excluding carboxylic acids is 1. The van der Waals surface area contributed by atoms with Gasteiger partial charge in [-0.15, -0.1) is 0 Å². The van der Waals surface area contributed by atoms with E-state index >= 15 is 0 Å². The molecule has 0 spiro atoms. The largest absolute Gasteiger partial charge is 0.279 e. The lowest BCUT2D eigenvalue weighted by Crippen LogP contribution is -2.37. The zero-order valence-corrected chi connectivity index (χ0v) is 9.28. The van der Waals surface area contributed by atoms with E-state index in [0.717, 1.165) is 6.42 Å². The molecule has 78 valence electrons. The van der Waals surface area contributed by atoms with Crippen molar-refractivity contribution in [2.24, 2.45) is 0 Å². The number of rotatable bonds is 6. The molecule has 0 amide bonds. The van der Waals surface area contributed by atoms with Crippen molar-refractivity contribution in [3.8, 4) is 0 Å². The molecule has 0 aliphatic heterocycles. The SMILES string of the molecule is CCCCS(=O)(=O)NC(C)C(=O)Cl. The van der Waals surface area contributed by atoms with Crippen molar-refractivity contribution in [2.75, 3.05) is 5.75 Å². The fourth-order valence-electron chi connectivity index (χ4n) is 0.709. The van der Waals surface area contributed by atoms with Crippen LogP contribution in [-0.4, -0.2) is 25.5 Å². The minimum absolute atomic E-state index is 0.0397. The summed E-state index contributed by atoms with van der Waals surface area (Å²) in [5.74, 6) is 0.0397. The minimum Gasteiger partial charge on any atom is -0.279 e. The van der Waals surface area contributed by atoms with Gasteiger partial charge in [0.15, 0.2) is 0 Å². The van der Waals surface area contributed by atoms with Crippen molar-refractivity contribution in [3.63, 3.8) is 0 Å². The first-order chi connectivity index (χ1) is 5.89. The molecule has 0 saturated heterocycles. The molecular formula is C7H14ClNO3S. The van der Waals surface area contributed by atoms with Crippen LogP contribution in [0.2, 0.25) is 0 Å². The van der Waals surface area contributed by atoms with Crippen LogP contribution in [0.4, 0.5) is 0 Å². The third-order valence-corrected chi connectivity index (χ3v) is 3.33. The molecule has 0 heterocycles. The van der Waals surface area contributed by atoms with Crippen molar-refractivity contribution in [2.45, 2.75) is 32.7 Å². The third-order valence-electron chi connectivity index (χ3n) is 1.46. The van der Waals surface area contributed by atoms with Crippen LogP contribution in [0.1, 0.15) is 26.7 Å². The van der Waals surface area contributed by atoms with Gasteiger partial charge in [-0.3, -0.25) is 4.79 Å². The first kappa shape index (κ1) is 12.9. The lowest BCUT2D eigenvalue weighted by molar-refractivity contribution is -0.112. The summed E-state index contributed by atoms with van der Waals surface area (Å²) in [5, 5.41) is -0.694. The Morgan fingerprint density at radius 3 is 2.46 bits per heavy atom. The summed E-state index contributed by atoms with van der Waals surface area (Å²) in [6.45, 7) is 3.31. The molecule has 0 fully saturated rings. The van der Waals surface area contributed by atoms with Crippen LogP contribution in [0.3, 0.4) is 0 Å². The highest BCUT2D eigenvalue weighted by Crippen LogP contribution is 1.97. The molecule has 1 unspecified atom stereocenters. The number of nitrogens with one attached hydrogen (secondary N) is 1. The summed E-state index contributed by atoms with van der Waals surface area (Å²) in [6, 6.07) is -0.844. The van der Waals surface area contributed by atoms with E-state index in [1.807, 2.05) is 6.92 Å². The minimum atomic E-state index is -3.34. The Morgan fingerprint density at radius 2 is 2.08 bits per heavy atom. The summed E-state index contributed by atoms with van der Waals surface area (Å²) >= 11 is 5.10. The zero-order valence-electron chi connectivity index (χ0n) is 7.71. The normalized spacial score (nSPS) is 14.1. The fraction of sp³-hybridized carbons (Fsp3) is 0.857. The zero-order chi connectivity index (χ0) is 10.5. The van der Waals surface area contributed by atoms with E-state index < -0.39 is 21.3 Å². The molecule has 0 rings (SSSR count). The van der Waals surface area contributed by atoms with Gasteiger partial charge in [0.25, 0.3) is 0 Å². The third kappa shape index (κ3) is 6.01. The van der Waals surface area contributed by atoms with Gasteiger partial charge in [0, 0.05) is 0 Å². The predicted molar refractivity (Wildman–Crippen MR) is 52.2 cm³/mol. The van der Waals surface area contributed by atoms with E-state index in [1.54, 1.807) is 0 Å². The van der Waals surface area contributed by atoms with Gasteiger partial charge in [-0.25, -0.2) is 13.1 Å². The van der Waals surface area contributed by atoms with Gasteiger partial charge >= 0.3 is 0 Å². The molecule has 0 aliphatic carbocycles. The Bertz CT molecular complexity index is 263. The van der Waals surface area contributed by atoms with Crippen molar-refractivity contribution < 1.29 is 13.2 Å². The second-order valence-corrected chi connectivity index (χ2v) is 5.06. The Labute approximate surface area is 83.7 Å². The lowest BCUT2D eigenvalue weighted by Gasteiger charge is -2.09. The quantitative estimate of drug-likeness (QED) is 0.685. The molecule has 6 heteroatoms. The summed E-state index contributed by atoms with van der Waals surface area (Å²) in [5.41, 5.74) is 0. The standard InChI is InChI=1S/C7H14ClNO3S/c1-3-4-5-13(11,12)9-6(2)7(8)10/h6,9H,3-5H2,1-2H3. The van der Waals surface area contributed by atoms with Crippen LogP contribution in [0.25, 0.3) is 0 Å². The van der Waals surface area contributed by atoms with Gasteiger partial charge in [-0.1, -0.05) is 13.3 Å². The molecule has 4 nitrogen and oxygen atoms in total. The molecule has 0 aromatic rings. The van der Waals surface area contributed by atoms with Gasteiger partial charge in [0.1, 0.15) is 0 Å². The second-order valence-electron chi connectivity index (χ2n) is 2.82. The molecule has 0 radical (unpaired) electrons. The van der Waals surface area contributed by atoms with E-state index in [4.69, 9.17) is 11.6 Å². The Morgan fingerprint density at radius 1 is 1.54 bits per heavy atom. The average Bonchev–Trinajstić information content (AvgIpc) is 2.00. The van der Waals surface area contributed by atoms with E-state index in [2.05, 4.69) is 4.72 Å². The molecule has 0 aliphatic rings. The van der Waals surface area contributed by atoms with Crippen LogP contribution in [-0.2, 0) is 14.8 Å². The summed E-state index contributed by atoms with van der Waals surface area (Å²) in [7, 11) is -3.34. The van der Waals surface area contributed by atoms with E-state index in [0.29, 0.717) is 6.42 Å². The topological polar surface area (TPSA) is 63.2 Å². The van der Waals surface area contributed by atoms with E-state index in [1.165, 1.54) is 6.92 Å². The number of halogens is 1. The first-order valence-electron chi connectivity index (χ1n) is 4.08. The van der Waals surface area contributed by atoms with Gasteiger partial charge in [-0.2, -0.15) is 0 Å². The Hall–Kier alpha value is -0.130. The summed E-state index contributed by atoms with van der Waals surface area (Å²) < 4.78 is 24.5. The van der Waals surface area contributed by atoms with E-state index in [-0.39, 0.29) is 5.75 Å². The fourth-order valence-corrected chi connectivity index (χ4v) is 2.26. The maximum absolute atomic E-state index is 11.2. The number of hydrogen-bond donors (Lipinski definition) is 1. The second kappa shape index (κ2) is 5.57. The summed E-state index contributed by atoms with van der Waals surface area (Å²) in [6.07, 6.45) is 1.38. The van der Waals surface area contributed by atoms with Crippen molar-refractivity contribution >= 4 is 26.9 Å². The molecule has 0 saturated carbocycles. The molecule has 1 N–H and O–H groups in total. The van der Waals surface area contributed by atoms with Crippen molar-refractivity contribution in [3.05, 3.63) is 0 Å². The monoisotopic (exact) mass is 227 g/mol. The summed E-state index contributed by atoms with van der Waals surface area (Å²) in [4.78, 5) is 10.5. The number of unbranched alkanes of at least 4 members (excludes halogenated alkanes) is 1. The number of sulfonamides is 1.